The zero-order valence-corrected chi connectivity index (χ0v) is 13.2. The summed E-state index contributed by atoms with van der Waals surface area (Å²) in [5.41, 5.74) is 7.30. The maximum Gasteiger partial charge on any atom is 0.237 e. The van der Waals surface area contributed by atoms with Gasteiger partial charge in [-0.15, -0.1) is 0 Å². The molecule has 2 aliphatic rings. The Labute approximate surface area is 130 Å². The van der Waals surface area contributed by atoms with Gasteiger partial charge in [0.15, 0.2) is 0 Å². The third-order valence-corrected chi connectivity index (χ3v) is 6.36. The van der Waals surface area contributed by atoms with E-state index < -0.39 is 10.0 Å². The Morgan fingerprint density at radius 2 is 1.95 bits per heavy atom. The minimum absolute atomic E-state index is 0.0590. The quantitative estimate of drug-likeness (QED) is 0.847. The zero-order valence-electron chi connectivity index (χ0n) is 12.4. The standard InChI is InChI=1S/C15H21N3O3S/c16-14-10-17(9-13(14)12-5-2-1-3-6-12)15(19)11-18-7-4-8-22(18,20)21/h1-3,5-6,13-14H,4,7-11,16H2/t13-,14+/m0/s1. The van der Waals surface area contributed by atoms with Gasteiger partial charge >= 0.3 is 0 Å². The second-order valence-corrected chi connectivity index (χ2v) is 8.07. The van der Waals surface area contributed by atoms with E-state index in [0.717, 1.165) is 5.56 Å². The molecule has 1 aromatic rings. The third kappa shape index (κ3) is 3.02. The van der Waals surface area contributed by atoms with Gasteiger partial charge in [-0.05, 0) is 12.0 Å². The Bertz CT molecular complexity index is 647. The van der Waals surface area contributed by atoms with E-state index in [2.05, 4.69) is 0 Å². The van der Waals surface area contributed by atoms with E-state index in [1.54, 1.807) is 4.90 Å². The number of rotatable bonds is 3. The number of carbonyl (C=O) groups excluding carboxylic acids is 1. The summed E-state index contributed by atoms with van der Waals surface area (Å²) >= 11 is 0. The molecule has 2 N–H and O–H groups in total. The maximum atomic E-state index is 12.4. The molecule has 0 unspecified atom stereocenters. The SMILES string of the molecule is N[C@@H]1CN(C(=O)CN2CCCS2(=O)=O)C[C@H]1c1ccccc1. The highest BCUT2D eigenvalue weighted by molar-refractivity contribution is 7.89. The van der Waals surface area contributed by atoms with Gasteiger partial charge in [-0.1, -0.05) is 30.3 Å². The van der Waals surface area contributed by atoms with E-state index in [1.807, 2.05) is 30.3 Å². The molecule has 1 amide bonds. The van der Waals surface area contributed by atoms with Crippen molar-refractivity contribution in [3.63, 3.8) is 0 Å². The molecule has 0 radical (unpaired) electrons. The van der Waals surface area contributed by atoms with Gasteiger partial charge < -0.3 is 10.6 Å². The monoisotopic (exact) mass is 323 g/mol. The van der Waals surface area contributed by atoms with E-state index in [9.17, 15) is 13.2 Å². The van der Waals surface area contributed by atoms with Crippen molar-refractivity contribution < 1.29 is 13.2 Å². The van der Waals surface area contributed by atoms with Crippen molar-refractivity contribution in [2.24, 2.45) is 5.73 Å². The van der Waals surface area contributed by atoms with Gasteiger partial charge in [0.05, 0.1) is 12.3 Å². The van der Waals surface area contributed by atoms with E-state index >= 15 is 0 Å². The molecular weight excluding hydrogens is 302 g/mol. The van der Waals surface area contributed by atoms with Crippen LogP contribution in [0.5, 0.6) is 0 Å². The number of sulfonamides is 1. The van der Waals surface area contributed by atoms with Crippen LogP contribution in [0.4, 0.5) is 0 Å². The van der Waals surface area contributed by atoms with Gasteiger partial charge in [-0.2, -0.15) is 4.31 Å². The minimum Gasteiger partial charge on any atom is -0.339 e. The molecule has 0 aromatic heterocycles. The van der Waals surface area contributed by atoms with Crippen LogP contribution in [0, 0.1) is 0 Å². The summed E-state index contributed by atoms with van der Waals surface area (Å²) in [7, 11) is -3.24. The molecule has 0 spiro atoms. The second-order valence-electron chi connectivity index (χ2n) is 5.98. The number of nitrogens with zero attached hydrogens (tertiary/aromatic N) is 2. The van der Waals surface area contributed by atoms with Crippen molar-refractivity contribution in [3.05, 3.63) is 35.9 Å². The highest BCUT2D eigenvalue weighted by Crippen LogP contribution is 2.26. The van der Waals surface area contributed by atoms with Crippen LogP contribution < -0.4 is 5.73 Å². The fourth-order valence-corrected chi connectivity index (χ4v) is 4.67. The van der Waals surface area contributed by atoms with Crippen LogP contribution in [0.15, 0.2) is 30.3 Å². The summed E-state index contributed by atoms with van der Waals surface area (Å²) in [6.45, 7) is 1.41. The molecule has 7 heteroatoms. The topological polar surface area (TPSA) is 83.7 Å². The largest absolute Gasteiger partial charge is 0.339 e. The van der Waals surface area contributed by atoms with Crippen LogP contribution in [-0.2, 0) is 14.8 Å². The van der Waals surface area contributed by atoms with E-state index in [4.69, 9.17) is 5.73 Å². The number of carbonyl (C=O) groups is 1. The van der Waals surface area contributed by atoms with Gasteiger partial charge in [-0.3, -0.25) is 4.79 Å². The lowest BCUT2D eigenvalue weighted by atomic mass is 9.95. The first-order chi connectivity index (χ1) is 10.5. The summed E-state index contributed by atoms with van der Waals surface area (Å²) in [5, 5.41) is 0. The molecule has 0 bridgehead atoms. The molecule has 2 atom stereocenters. The van der Waals surface area contributed by atoms with E-state index in [1.165, 1.54) is 4.31 Å². The predicted molar refractivity (Wildman–Crippen MR) is 83.7 cm³/mol. The zero-order chi connectivity index (χ0) is 15.7. The Morgan fingerprint density at radius 1 is 1.23 bits per heavy atom. The van der Waals surface area contributed by atoms with Gasteiger partial charge in [0, 0.05) is 31.6 Å². The Morgan fingerprint density at radius 3 is 2.59 bits per heavy atom. The number of hydrogen-bond donors (Lipinski definition) is 1. The Balaban J connectivity index is 1.65. The number of hydrogen-bond acceptors (Lipinski definition) is 4. The average Bonchev–Trinajstić information content (AvgIpc) is 3.03. The molecule has 2 heterocycles. The normalized spacial score (nSPS) is 28.1. The van der Waals surface area contributed by atoms with Gasteiger partial charge in [0.2, 0.25) is 15.9 Å². The number of benzene rings is 1. The summed E-state index contributed by atoms with van der Waals surface area (Å²) in [6.07, 6.45) is 0.599. The molecule has 6 nitrogen and oxygen atoms in total. The van der Waals surface area contributed by atoms with Crippen molar-refractivity contribution >= 4 is 15.9 Å². The van der Waals surface area contributed by atoms with Crippen LogP contribution in [0.1, 0.15) is 17.9 Å². The van der Waals surface area contributed by atoms with Crippen molar-refractivity contribution in [1.82, 2.24) is 9.21 Å². The Hall–Kier alpha value is -1.44. The molecule has 22 heavy (non-hydrogen) atoms. The number of nitrogens with two attached hydrogens (primary N) is 1. The van der Waals surface area contributed by atoms with Crippen molar-refractivity contribution in [1.29, 1.82) is 0 Å². The van der Waals surface area contributed by atoms with Crippen LogP contribution in [-0.4, -0.2) is 61.5 Å². The lowest BCUT2D eigenvalue weighted by molar-refractivity contribution is -0.130. The molecule has 120 valence electrons. The van der Waals surface area contributed by atoms with E-state index in [0.29, 0.717) is 26.1 Å². The maximum absolute atomic E-state index is 12.4. The first-order valence-corrected chi connectivity index (χ1v) is 9.14. The summed E-state index contributed by atoms with van der Waals surface area (Å²) in [6, 6.07) is 9.80. The predicted octanol–water partition coefficient (Wildman–Crippen LogP) is -0.0248. The van der Waals surface area contributed by atoms with Crippen molar-refractivity contribution in [2.45, 2.75) is 18.4 Å². The summed E-state index contributed by atoms with van der Waals surface area (Å²) in [4.78, 5) is 14.1. The lowest BCUT2D eigenvalue weighted by Gasteiger charge is -2.20. The van der Waals surface area contributed by atoms with Crippen molar-refractivity contribution in [3.8, 4) is 0 Å². The molecule has 0 aliphatic carbocycles. The molecule has 2 saturated heterocycles. The highest BCUT2D eigenvalue weighted by atomic mass is 32.2. The Kier molecular flexibility index (Phi) is 4.20. The first-order valence-electron chi connectivity index (χ1n) is 7.53. The highest BCUT2D eigenvalue weighted by Gasteiger charge is 2.36. The van der Waals surface area contributed by atoms with Crippen LogP contribution in [0.3, 0.4) is 0 Å². The summed E-state index contributed by atoms with van der Waals surface area (Å²) in [5.74, 6) is 0.103. The van der Waals surface area contributed by atoms with Crippen molar-refractivity contribution in [2.75, 3.05) is 31.9 Å². The fourth-order valence-electron chi connectivity index (χ4n) is 3.21. The van der Waals surface area contributed by atoms with Gasteiger partial charge in [0.25, 0.3) is 0 Å². The molecule has 3 rings (SSSR count). The fraction of sp³-hybridized carbons (Fsp3) is 0.533. The molecular formula is C15H21N3O3S. The number of amides is 1. The molecule has 2 aliphatic heterocycles. The van der Waals surface area contributed by atoms with E-state index in [-0.39, 0.29) is 30.2 Å². The number of likely N-dealkylation sites (tertiary alicyclic amines) is 1. The summed E-state index contributed by atoms with van der Waals surface area (Å²) < 4.78 is 24.9. The van der Waals surface area contributed by atoms with Crippen LogP contribution >= 0.6 is 0 Å². The lowest BCUT2D eigenvalue weighted by Crippen LogP contribution is -2.40. The minimum atomic E-state index is -3.24. The first kappa shape index (κ1) is 15.5. The van der Waals surface area contributed by atoms with Crippen LogP contribution in [0.25, 0.3) is 0 Å². The van der Waals surface area contributed by atoms with Crippen LogP contribution in [0.2, 0.25) is 0 Å². The van der Waals surface area contributed by atoms with Gasteiger partial charge in [0.1, 0.15) is 0 Å². The molecule has 1 aromatic carbocycles. The average molecular weight is 323 g/mol. The molecule has 2 fully saturated rings. The van der Waals surface area contributed by atoms with Gasteiger partial charge in [-0.25, -0.2) is 8.42 Å². The smallest absolute Gasteiger partial charge is 0.237 e. The second kappa shape index (κ2) is 5.98. The third-order valence-electron chi connectivity index (χ3n) is 4.46. The molecule has 0 saturated carbocycles.